The molecule has 1 aliphatic rings. The van der Waals surface area contributed by atoms with Crippen LogP contribution in [-0.4, -0.2) is 46.1 Å². The average Bonchev–Trinajstić information content (AvgIpc) is 3.17. The predicted molar refractivity (Wildman–Crippen MR) is 105 cm³/mol. The molecule has 7 heteroatoms. The molecule has 7 nitrogen and oxygen atoms in total. The summed E-state index contributed by atoms with van der Waals surface area (Å²) in [5.41, 5.74) is 11.0. The molecule has 4 rings (SSSR count). The van der Waals surface area contributed by atoms with E-state index in [2.05, 4.69) is 19.9 Å². The Bertz CT molecular complexity index is 1060. The number of carbonyl (C=O) groups is 1. The van der Waals surface area contributed by atoms with E-state index in [1.807, 2.05) is 18.3 Å². The molecule has 0 atom stereocenters. The Kier molecular flexibility index (Phi) is 4.12. The number of amides is 1. The summed E-state index contributed by atoms with van der Waals surface area (Å²) in [6.45, 7) is 0. The average molecular weight is 358 g/mol. The maximum Gasteiger partial charge on any atom is 0.254 e. The van der Waals surface area contributed by atoms with E-state index >= 15 is 0 Å². The van der Waals surface area contributed by atoms with Crippen molar-refractivity contribution in [1.82, 2.24) is 19.9 Å². The second kappa shape index (κ2) is 6.60. The highest BCUT2D eigenvalue weighted by Crippen LogP contribution is 2.34. The zero-order chi connectivity index (χ0) is 19.0. The summed E-state index contributed by atoms with van der Waals surface area (Å²) >= 11 is 0. The number of fused-ring (bicyclic) bond motifs is 1. The molecule has 2 N–H and O–H groups in total. The molecule has 1 amide bonds. The number of hydrogen-bond acceptors (Lipinski definition) is 6. The van der Waals surface area contributed by atoms with Crippen LogP contribution in [0.5, 0.6) is 0 Å². The normalized spacial score (nSPS) is 12.1. The van der Waals surface area contributed by atoms with Gasteiger partial charge in [-0.15, -0.1) is 0 Å². The van der Waals surface area contributed by atoms with E-state index in [4.69, 9.17) is 5.73 Å². The lowest BCUT2D eigenvalue weighted by Gasteiger charge is -2.12. The molecule has 1 aliphatic heterocycles. The fraction of sp³-hybridized carbons (Fsp3) is 0.150. The topological polar surface area (TPSA) is 97.4 Å². The summed E-state index contributed by atoms with van der Waals surface area (Å²) < 4.78 is 0. The number of pyridine rings is 3. The summed E-state index contributed by atoms with van der Waals surface area (Å²) in [6.07, 6.45) is 7.65. The molecule has 27 heavy (non-hydrogen) atoms. The minimum atomic E-state index is -0.0961. The van der Waals surface area contributed by atoms with Crippen molar-refractivity contribution < 1.29 is 4.79 Å². The van der Waals surface area contributed by atoms with Gasteiger partial charge in [0.05, 0.1) is 11.3 Å². The lowest BCUT2D eigenvalue weighted by atomic mass is 9.99. The number of nitrogens with zero attached hydrogens (tertiary/aromatic N) is 5. The molecule has 0 aliphatic carbocycles. The van der Waals surface area contributed by atoms with Gasteiger partial charge in [-0.25, -0.2) is 15.0 Å². The Balaban J connectivity index is 1.74. The lowest BCUT2D eigenvalue weighted by Crippen LogP contribution is -2.21. The van der Waals surface area contributed by atoms with Crippen molar-refractivity contribution in [2.45, 2.75) is 6.42 Å². The quantitative estimate of drug-likeness (QED) is 0.776. The highest BCUT2D eigenvalue weighted by atomic mass is 16.2. The van der Waals surface area contributed by atoms with Gasteiger partial charge >= 0.3 is 0 Å². The minimum absolute atomic E-state index is 0.0961. The smallest absolute Gasteiger partial charge is 0.254 e. The van der Waals surface area contributed by atoms with Crippen LogP contribution >= 0.6 is 0 Å². The van der Waals surface area contributed by atoms with Crippen LogP contribution < -0.4 is 5.73 Å². The minimum Gasteiger partial charge on any atom is -0.383 e. The van der Waals surface area contributed by atoms with Crippen LogP contribution in [0.2, 0.25) is 0 Å². The molecule has 134 valence electrons. The van der Waals surface area contributed by atoms with Crippen LogP contribution in [0.15, 0.2) is 47.8 Å². The van der Waals surface area contributed by atoms with Crippen LogP contribution in [0.3, 0.4) is 0 Å². The number of aliphatic imine (C=N–C) groups is 1. The van der Waals surface area contributed by atoms with E-state index in [1.165, 1.54) is 4.90 Å². The third-order valence-electron chi connectivity index (χ3n) is 4.46. The molecule has 0 saturated heterocycles. The lowest BCUT2D eigenvalue weighted by molar-refractivity contribution is 0.0827. The van der Waals surface area contributed by atoms with Crippen molar-refractivity contribution in [2.24, 2.45) is 4.99 Å². The first-order valence-electron chi connectivity index (χ1n) is 8.49. The zero-order valence-corrected chi connectivity index (χ0v) is 15.0. The Morgan fingerprint density at radius 1 is 1.07 bits per heavy atom. The van der Waals surface area contributed by atoms with Gasteiger partial charge in [0, 0.05) is 62.0 Å². The van der Waals surface area contributed by atoms with Gasteiger partial charge in [0.2, 0.25) is 0 Å². The second-order valence-electron chi connectivity index (χ2n) is 6.46. The Morgan fingerprint density at radius 3 is 2.67 bits per heavy atom. The van der Waals surface area contributed by atoms with E-state index in [0.717, 1.165) is 34.5 Å². The van der Waals surface area contributed by atoms with Crippen LogP contribution in [-0.2, 0) is 6.42 Å². The van der Waals surface area contributed by atoms with Crippen molar-refractivity contribution in [1.29, 1.82) is 0 Å². The van der Waals surface area contributed by atoms with Crippen molar-refractivity contribution in [3.63, 3.8) is 0 Å². The number of rotatable bonds is 3. The summed E-state index contributed by atoms with van der Waals surface area (Å²) in [7, 11) is 3.41. The van der Waals surface area contributed by atoms with Gasteiger partial charge in [-0.05, 0) is 29.8 Å². The van der Waals surface area contributed by atoms with Crippen LogP contribution in [0.1, 0.15) is 15.9 Å². The molecule has 0 spiro atoms. The van der Waals surface area contributed by atoms with Gasteiger partial charge in [0.15, 0.2) is 5.82 Å². The molecule has 0 aromatic carbocycles. The molecule has 0 saturated carbocycles. The number of anilines is 1. The van der Waals surface area contributed by atoms with Crippen LogP contribution in [0.25, 0.3) is 22.4 Å². The van der Waals surface area contributed by atoms with Crippen molar-refractivity contribution in [3.8, 4) is 22.4 Å². The van der Waals surface area contributed by atoms with E-state index in [0.29, 0.717) is 17.1 Å². The van der Waals surface area contributed by atoms with Crippen molar-refractivity contribution in [3.05, 3.63) is 54.0 Å². The SMILES string of the molecule is CN(C)C(=O)c1ccc(-c2cc(-c3ccnc4c3CC=N4)cnc2N)nc1. The van der Waals surface area contributed by atoms with Gasteiger partial charge in [0.1, 0.15) is 5.82 Å². The third-order valence-corrected chi connectivity index (χ3v) is 4.46. The number of carbonyl (C=O) groups excluding carboxylic acids is 1. The van der Waals surface area contributed by atoms with E-state index < -0.39 is 0 Å². The summed E-state index contributed by atoms with van der Waals surface area (Å²) in [6, 6.07) is 7.45. The highest BCUT2D eigenvalue weighted by molar-refractivity contribution is 5.94. The molecule has 4 heterocycles. The number of nitrogens with two attached hydrogens (primary N) is 1. The monoisotopic (exact) mass is 358 g/mol. The number of hydrogen-bond donors (Lipinski definition) is 1. The fourth-order valence-electron chi connectivity index (χ4n) is 3.05. The van der Waals surface area contributed by atoms with Crippen molar-refractivity contribution in [2.75, 3.05) is 19.8 Å². The Labute approximate surface area is 156 Å². The zero-order valence-electron chi connectivity index (χ0n) is 15.0. The van der Waals surface area contributed by atoms with Gasteiger partial charge in [-0.2, -0.15) is 0 Å². The van der Waals surface area contributed by atoms with E-state index in [-0.39, 0.29) is 5.91 Å². The molecule has 0 radical (unpaired) electrons. The first-order chi connectivity index (χ1) is 13.0. The fourth-order valence-corrected chi connectivity index (χ4v) is 3.05. The summed E-state index contributed by atoms with van der Waals surface area (Å²) in [4.78, 5) is 30.9. The maximum absolute atomic E-state index is 12.0. The van der Waals surface area contributed by atoms with Crippen LogP contribution in [0, 0.1) is 0 Å². The Morgan fingerprint density at radius 2 is 1.93 bits per heavy atom. The number of aromatic nitrogens is 3. The third kappa shape index (κ3) is 3.03. The standard InChI is InChI=1S/C20H18N6O/c1-26(2)20(27)12-3-4-17(24-10-12)16-9-13(11-25-18(16)21)14-5-7-22-19-15(14)6-8-23-19/h3-5,7-11H,6H2,1-2H3,(H2,21,25). The molecule has 3 aromatic heterocycles. The summed E-state index contributed by atoms with van der Waals surface area (Å²) in [5, 5.41) is 0. The largest absolute Gasteiger partial charge is 0.383 e. The van der Waals surface area contributed by atoms with Crippen molar-refractivity contribution >= 4 is 23.8 Å². The first-order valence-corrected chi connectivity index (χ1v) is 8.49. The van der Waals surface area contributed by atoms with Crippen LogP contribution in [0.4, 0.5) is 11.6 Å². The summed E-state index contributed by atoms with van der Waals surface area (Å²) in [5.74, 6) is 1.04. The van der Waals surface area contributed by atoms with E-state index in [9.17, 15) is 4.79 Å². The molecule has 0 bridgehead atoms. The highest BCUT2D eigenvalue weighted by Gasteiger charge is 2.16. The second-order valence-corrected chi connectivity index (χ2v) is 6.46. The van der Waals surface area contributed by atoms with E-state index in [1.54, 1.807) is 44.8 Å². The molecule has 0 unspecified atom stereocenters. The van der Waals surface area contributed by atoms with Gasteiger partial charge in [0.25, 0.3) is 5.91 Å². The van der Waals surface area contributed by atoms with Gasteiger partial charge in [-0.3, -0.25) is 9.78 Å². The Hall–Kier alpha value is -3.61. The molecule has 0 fully saturated rings. The molecular weight excluding hydrogens is 340 g/mol. The van der Waals surface area contributed by atoms with Gasteiger partial charge in [-0.1, -0.05) is 0 Å². The van der Waals surface area contributed by atoms with Gasteiger partial charge < -0.3 is 10.6 Å². The molecular formula is C20H18N6O. The predicted octanol–water partition coefficient (Wildman–Crippen LogP) is 2.75. The maximum atomic E-state index is 12.0. The number of nitrogen functional groups attached to an aromatic ring is 1. The molecule has 3 aromatic rings. The first kappa shape index (κ1) is 16.8.